The molecule has 0 aliphatic heterocycles. The Morgan fingerprint density at radius 3 is 2.21 bits per heavy atom. The van der Waals surface area contributed by atoms with Crippen molar-refractivity contribution in [2.24, 2.45) is 0 Å². The average molecular weight is 269 g/mol. The van der Waals surface area contributed by atoms with E-state index in [9.17, 15) is 13.2 Å². The van der Waals surface area contributed by atoms with Crippen LogP contribution in [0.25, 0.3) is 0 Å². The van der Waals surface area contributed by atoms with Gasteiger partial charge in [-0.1, -0.05) is 0 Å². The van der Waals surface area contributed by atoms with Crippen LogP contribution in [0.15, 0.2) is 30.3 Å². The number of alkyl halides is 3. The van der Waals surface area contributed by atoms with Gasteiger partial charge in [-0.25, -0.2) is 0 Å². The van der Waals surface area contributed by atoms with Crippen molar-refractivity contribution >= 4 is 19.4 Å². The van der Waals surface area contributed by atoms with Crippen LogP contribution >= 0.6 is 0 Å². The Morgan fingerprint density at radius 2 is 1.79 bits per heavy atom. The van der Waals surface area contributed by atoms with Gasteiger partial charge in [0, 0.05) is 0 Å². The molecule has 0 aliphatic carbocycles. The summed E-state index contributed by atoms with van der Waals surface area (Å²) in [6.07, 6.45) is -4.27. The van der Waals surface area contributed by atoms with Crippen LogP contribution in [-0.4, -0.2) is 33.2 Å². The first-order chi connectivity index (χ1) is 6.54. The van der Waals surface area contributed by atoms with E-state index in [4.69, 9.17) is 0 Å². The van der Waals surface area contributed by atoms with Crippen molar-refractivity contribution in [3.05, 3.63) is 30.3 Å². The van der Waals surface area contributed by atoms with Crippen LogP contribution in [-0.2, 0) is 4.74 Å². The fourth-order valence-corrected chi connectivity index (χ4v) is 2.53. The van der Waals surface area contributed by atoms with Gasteiger partial charge in [0.15, 0.2) is 0 Å². The number of halogens is 3. The number of hydrogen-bond acceptors (Lipinski definition) is 1. The van der Waals surface area contributed by atoms with E-state index in [1.807, 2.05) is 0 Å². The first kappa shape index (κ1) is 11.6. The molecule has 0 spiro atoms. The fraction of sp³-hybridized carbons (Fsp3) is 0.333. The maximum absolute atomic E-state index is 12.3. The summed E-state index contributed by atoms with van der Waals surface area (Å²) < 4.78 is 42.0. The van der Waals surface area contributed by atoms with E-state index >= 15 is 0 Å². The van der Waals surface area contributed by atoms with Crippen LogP contribution in [0.4, 0.5) is 13.2 Å². The number of ether oxygens (including phenoxy) is 1. The van der Waals surface area contributed by atoms with Crippen molar-refractivity contribution < 1.29 is 17.9 Å². The Hall–Kier alpha value is -0.511. The zero-order chi connectivity index (χ0) is 10.6. The first-order valence-corrected chi connectivity index (χ1v) is 5.70. The van der Waals surface area contributed by atoms with Gasteiger partial charge in [0.05, 0.1) is 0 Å². The summed E-state index contributed by atoms with van der Waals surface area (Å²) >= 11 is -0.728. The molecule has 0 amide bonds. The van der Waals surface area contributed by atoms with Gasteiger partial charge in [-0.15, -0.1) is 0 Å². The quantitative estimate of drug-likeness (QED) is 0.756. The van der Waals surface area contributed by atoms with E-state index in [1.165, 1.54) is 0 Å². The summed E-state index contributed by atoms with van der Waals surface area (Å²) in [6, 6.07) is 8.57. The van der Waals surface area contributed by atoms with Gasteiger partial charge in [0.2, 0.25) is 0 Å². The third-order valence-electron chi connectivity index (χ3n) is 1.47. The average Bonchev–Trinajstić information content (AvgIpc) is 2.14. The molecule has 1 aromatic rings. The van der Waals surface area contributed by atoms with Crippen molar-refractivity contribution in [1.29, 1.82) is 0 Å². The molecule has 1 aromatic carbocycles. The molecule has 0 heterocycles. The van der Waals surface area contributed by atoms with E-state index in [-0.39, 0.29) is 0 Å². The van der Waals surface area contributed by atoms with Gasteiger partial charge >= 0.3 is 85.9 Å². The van der Waals surface area contributed by atoms with Gasteiger partial charge in [-0.2, -0.15) is 0 Å². The molecule has 0 fully saturated rings. The van der Waals surface area contributed by atoms with Crippen LogP contribution in [0.2, 0.25) is 0 Å². The van der Waals surface area contributed by atoms with Crippen molar-refractivity contribution in [3.63, 3.8) is 0 Å². The third kappa shape index (κ3) is 3.33. The van der Waals surface area contributed by atoms with E-state index in [0.717, 1.165) is 7.11 Å². The Balaban J connectivity index is 2.67. The third-order valence-corrected chi connectivity index (χ3v) is 4.02. The van der Waals surface area contributed by atoms with Crippen LogP contribution in [0.3, 0.4) is 0 Å². The molecule has 5 heteroatoms. The molecule has 0 saturated heterocycles. The van der Waals surface area contributed by atoms with Crippen molar-refractivity contribution in [3.8, 4) is 0 Å². The van der Waals surface area contributed by atoms with Crippen LogP contribution in [0, 0.1) is 0 Å². The normalized spacial score (nSPS) is 14.0. The Kier molecular flexibility index (Phi) is 3.98. The van der Waals surface area contributed by atoms with Gasteiger partial charge in [-0.05, 0) is 0 Å². The minimum absolute atomic E-state index is 0.684. The summed E-state index contributed by atoms with van der Waals surface area (Å²) in [7, 11) is 1.09. The number of rotatable bonds is 3. The Bertz CT molecular complexity index is 273. The minimum atomic E-state index is -4.27. The van der Waals surface area contributed by atoms with Crippen LogP contribution in [0.5, 0.6) is 0 Å². The molecule has 1 nitrogen and oxygen atoms in total. The maximum atomic E-state index is 12.3. The standard InChI is InChI=1S/C9H9F3OSe/c1-13-8(9(10,11)12)14-7-5-3-2-4-6-7/h2-6,8H,1H3. The number of hydrogen-bond donors (Lipinski definition) is 0. The van der Waals surface area contributed by atoms with Gasteiger partial charge in [-0.3, -0.25) is 0 Å². The summed E-state index contributed by atoms with van der Waals surface area (Å²) in [5.41, 5.74) is 0. The summed E-state index contributed by atoms with van der Waals surface area (Å²) in [5, 5.41) is -1.66. The summed E-state index contributed by atoms with van der Waals surface area (Å²) in [5.74, 6) is 0. The second-order valence-corrected chi connectivity index (χ2v) is 4.92. The molecule has 0 saturated carbocycles. The van der Waals surface area contributed by atoms with Crippen molar-refractivity contribution in [2.45, 2.75) is 11.2 Å². The molecule has 0 N–H and O–H groups in total. The Morgan fingerprint density at radius 1 is 1.21 bits per heavy atom. The number of methoxy groups -OCH3 is 1. The van der Waals surface area contributed by atoms with E-state index in [1.54, 1.807) is 30.3 Å². The van der Waals surface area contributed by atoms with E-state index < -0.39 is 26.1 Å². The second-order valence-electron chi connectivity index (χ2n) is 2.54. The van der Waals surface area contributed by atoms with E-state index in [2.05, 4.69) is 4.74 Å². The summed E-state index contributed by atoms with van der Waals surface area (Å²) in [6.45, 7) is 0. The first-order valence-electron chi connectivity index (χ1n) is 3.85. The number of benzene rings is 1. The SMILES string of the molecule is COC([Se]c1ccccc1)C(F)(F)F. The van der Waals surface area contributed by atoms with Crippen LogP contribution in [0.1, 0.15) is 0 Å². The predicted octanol–water partition coefficient (Wildman–Crippen LogP) is 1.55. The second kappa shape index (κ2) is 4.82. The molecule has 1 atom stereocenters. The van der Waals surface area contributed by atoms with Gasteiger partial charge < -0.3 is 0 Å². The molecule has 0 aromatic heterocycles. The van der Waals surface area contributed by atoms with E-state index in [0.29, 0.717) is 4.46 Å². The molecule has 0 radical (unpaired) electrons. The topological polar surface area (TPSA) is 9.23 Å². The molecule has 78 valence electrons. The van der Waals surface area contributed by atoms with Gasteiger partial charge in [0.25, 0.3) is 0 Å². The zero-order valence-corrected chi connectivity index (χ0v) is 9.13. The van der Waals surface area contributed by atoms with Crippen molar-refractivity contribution in [2.75, 3.05) is 7.11 Å². The molecule has 1 rings (SSSR count). The predicted molar refractivity (Wildman–Crippen MR) is 48.7 cm³/mol. The molecule has 14 heavy (non-hydrogen) atoms. The molecule has 0 bridgehead atoms. The van der Waals surface area contributed by atoms with Gasteiger partial charge in [0.1, 0.15) is 0 Å². The molecular weight excluding hydrogens is 260 g/mol. The van der Waals surface area contributed by atoms with Crippen LogP contribution < -0.4 is 4.46 Å². The Labute approximate surface area is 86.4 Å². The summed E-state index contributed by atoms with van der Waals surface area (Å²) in [4.78, 5) is 0. The van der Waals surface area contributed by atoms with Crippen molar-refractivity contribution in [1.82, 2.24) is 0 Å². The molecule has 1 unspecified atom stereocenters. The molecule has 0 aliphatic rings. The zero-order valence-electron chi connectivity index (χ0n) is 7.41. The monoisotopic (exact) mass is 270 g/mol. The molecular formula is C9H9F3OSe. The fourth-order valence-electron chi connectivity index (χ4n) is 0.871.